The largest absolute Gasteiger partial charge is 0.455 e. The Morgan fingerprint density at radius 3 is 1.70 bits per heavy atom. The third kappa shape index (κ3) is 4.94. The lowest BCUT2D eigenvalue weighted by Gasteiger charge is -2.31. The summed E-state index contributed by atoms with van der Waals surface area (Å²) < 4.78 is 6.83. The summed E-state index contributed by atoms with van der Waals surface area (Å²) >= 11 is 0. The van der Waals surface area contributed by atoms with Crippen molar-refractivity contribution >= 4 is 39.0 Å². The van der Waals surface area contributed by atoms with Crippen LogP contribution in [0.1, 0.15) is 87.4 Å². The maximum Gasteiger partial charge on any atom is 0.143 e. The second-order valence-electron chi connectivity index (χ2n) is 18.4. The predicted octanol–water partition coefficient (Wildman–Crippen LogP) is 15.2. The van der Waals surface area contributed by atoms with E-state index >= 15 is 0 Å². The number of hydrogen-bond donors (Lipinski definition) is 0. The summed E-state index contributed by atoms with van der Waals surface area (Å²) in [4.78, 5) is 2.49. The van der Waals surface area contributed by atoms with E-state index in [-0.39, 0.29) is 16.2 Å². The Morgan fingerprint density at radius 2 is 1.02 bits per heavy atom. The molecule has 56 heavy (non-hydrogen) atoms. The number of fused-ring (bicyclic) bond motifs is 9. The second kappa shape index (κ2) is 11.8. The lowest BCUT2D eigenvalue weighted by Crippen LogP contribution is -2.19. The van der Waals surface area contributed by atoms with Crippen molar-refractivity contribution in [1.82, 2.24) is 0 Å². The van der Waals surface area contributed by atoms with Crippen molar-refractivity contribution in [2.24, 2.45) is 0 Å². The van der Waals surface area contributed by atoms with Crippen LogP contribution in [0.3, 0.4) is 0 Å². The van der Waals surface area contributed by atoms with Crippen molar-refractivity contribution in [3.8, 4) is 33.4 Å². The van der Waals surface area contributed by atoms with Crippen LogP contribution in [0.5, 0.6) is 0 Å². The molecule has 7 aromatic carbocycles. The summed E-state index contributed by atoms with van der Waals surface area (Å²) in [6, 6.07) is 50.3. The molecule has 0 bridgehead atoms. The van der Waals surface area contributed by atoms with Gasteiger partial charge in [-0.2, -0.15) is 0 Å². The van der Waals surface area contributed by atoms with Crippen LogP contribution in [0.25, 0.3) is 55.3 Å². The number of para-hydroxylation sites is 2. The summed E-state index contributed by atoms with van der Waals surface area (Å²) in [6.45, 7) is 20.8. The molecule has 1 heterocycles. The van der Waals surface area contributed by atoms with Crippen LogP contribution in [-0.2, 0) is 16.2 Å². The topological polar surface area (TPSA) is 16.4 Å². The van der Waals surface area contributed by atoms with Gasteiger partial charge in [-0.05, 0) is 117 Å². The SMILES string of the molecule is Cc1cc(C)c2oc3c(-c4ccccc4N(c4ccc5c(c4)C(C)(C)c4ccccc4-5)c4ccc5c(c4)C(C)(C)c4cc(C(C)(C)C)ccc4-5)cccc3c2c1. The highest BCUT2D eigenvalue weighted by atomic mass is 16.3. The molecule has 0 spiro atoms. The van der Waals surface area contributed by atoms with E-state index in [0.29, 0.717) is 0 Å². The molecule has 2 aliphatic carbocycles. The molecular formula is C54H49NO. The Morgan fingerprint density at radius 1 is 0.464 bits per heavy atom. The van der Waals surface area contributed by atoms with Gasteiger partial charge < -0.3 is 9.32 Å². The standard InChI is InChI=1S/C54H49NO/c1-32-27-33(2)50-44(28-32)43-18-14-17-42(51(43)56-50)41-16-11-13-20-49(41)55(35-22-25-39-37-15-10-12-19-45(37)53(6,7)47(39)30-35)36-23-26-40-38-24-21-34(52(3,4)5)29-46(38)54(8,9)48(40)31-36/h10-31H,1-9H3. The van der Waals surface area contributed by atoms with Crippen LogP contribution in [0.2, 0.25) is 0 Å². The summed E-state index contributed by atoms with van der Waals surface area (Å²) in [6.07, 6.45) is 0. The van der Waals surface area contributed by atoms with E-state index in [1.54, 1.807) is 0 Å². The predicted molar refractivity (Wildman–Crippen MR) is 237 cm³/mol. The minimum atomic E-state index is -0.162. The van der Waals surface area contributed by atoms with Crippen LogP contribution >= 0.6 is 0 Å². The molecule has 0 amide bonds. The van der Waals surface area contributed by atoms with Crippen LogP contribution in [0, 0.1) is 13.8 Å². The average molecular weight is 728 g/mol. The van der Waals surface area contributed by atoms with Crippen LogP contribution in [0.15, 0.2) is 138 Å². The molecule has 0 N–H and O–H groups in total. The first-order valence-corrected chi connectivity index (χ1v) is 20.1. The molecule has 0 aliphatic heterocycles. The maximum absolute atomic E-state index is 6.83. The molecule has 0 fully saturated rings. The van der Waals surface area contributed by atoms with Crippen molar-refractivity contribution < 1.29 is 4.42 Å². The fourth-order valence-electron chi connectivity index (χ4n) is 9.95. The van der Waals surface area contributed by atoms with Gasteiger partial charge in [0.25, 0.3) is 0 Å². The van der Waals surface area contributed by atoms with Crippen LogP contribution in [0.4, 0.5) is 17.1 Å². The van der Waals surface area contributed by atoms with Gasteiger partial charge in [0, 0.05) is 44.1 Å². The number of anilines is 3. The minimum absolute atomic E-state index is 0.0762. The average Bonchev–Trinajstić information content (AvgIpc) is 3.75. The lowest BCUT2D eigenvalue weighted by molar-refractivity contribution is 0.584. The molecule has 0 unspecified atom stereocenters. The molecule has 276 valence electrons. The van der Waals surface area contributed by atoms with E-state index in [1.165, 1.54) is 61.0 Å². The summed E-state index contributed by atoms with van der Waals surface area (Å²) in [7, 11) is 0. The lowest BCUT2D eigenvalue weighted by atomic mass is 9.79. The molecule has 2 heteroatoms. The quantitative estimate of drug-likeness (QED) is 0.179. The smallest absolute Gasteiger partial charge is 0.143 e. The van der Waals surface area contributed by atoms with Crippen molar-refractivity contribution in [2.45, 2.75) is 78.6 Å². The molecule has 1 aromatic heterocycles. The van der Waals surface area contributed by atoms with Gasteiger partial charge in [0.15, 0.2) is 0 Å². The van der Waals surface area contributed by atoms with Gasteiger partial charge in [0.2, 0.25) is 0 Å². The molecule has 8 aromatic rings. The van der Waals surface area contributed by atoms with E-state index in [0.717, 1.165) is 50.3 Å². The molecule has 0 saturated carbocycles. The van der Waals surface area contributed by atoms with E-state index < -0.39 is 0 Å². The number of aryl methyl sites for hydroxylation is 2. The molecule has 2 aliphatic rings. The van der Waals surface area contributed by atoms with Crippen LogP contribution in [-0.4, -0.2) is 0 Å². The minimum Gasteiger partial charge on any atom is -0.455 e. The van der Waals surface area contributed by atoms with Gasteiger partial charge in [-0.1, -0.05) is 146 Å². The molecular weight excluding hydrogens is 679 g/mol. The Kier molecular flexibility index (Phi) is 7.31. The number of hydrogen-bond acceptors (Lipinski definition) is 2. The summed E-state index contributed by atoms with van der Waals surface area (Å²) in [5.74, 6) is 0. The van der Waals surface area contributed by atoms with E-state index in [4.69, 9.17) is 4.42 Å². The van der Waals surface area contributed by atoms with E-state index in [9.17, 15) is 0 Å². The number of furan rings is 1. The number of nitrogens with zero attached hydrogens (tertiary/aromatic N) is 1. The monoisotopic (exact) mass is 727 g/mol. The van der Waals surface area contributed by atoms with Gasteiger partial charge in [0.05, 0.1) is 5.69 Å². The van der Waals surface area contributed by atoms with E-state index in [2.05, 4.69) is 201 Å². The van der Waals surface area contributed by atoms with Crippen molar-refractivity contribution in [3.63, 3.8) is 0 Å². The normalized spacial score (nSPS) is 14.8. The Labute approximate surface area is 331 Å². The number of benzene rings is 7. The fourth-order valence-corrected chi connectivity index (χ4v) is 9.95. The molecule has 10 rings (SSSR count). The summed E-state index contributed by atoms with van der Waals surface area (Å²) in [5, 5.41) is 2.32. The third-order valence-electron chi connectivity index (χ3n) is 13.0. The van der Waals surface area contributed by atoms with Crippen molar-refractivity contribution in [2.75, 3.05) is 4.90 Å². The molecule has 0 atom stereocenters. The first-order valence-electron chi connectivity index (χ1n) is 20.1. The van der Waals surface area contributed by atoms with Crippen molar-refractivity contribution in [3.05, 3.63) is 172 Å². The third-order valence-corrected chi connectivity index (χ3v) is 13.0. The molecule has 0 saturated heterocycles. The Bertz CT molecular complexity index is 2930. The van der Waals surface area contributed by atoms with Gasteiger partial charge in [-0.25, -0.2) is 0 Å². The van der Waals surface area contributed by atoms with Gasteiger partial charge in [-0.3, -0.25) is 0 Å². The Balaban J connectivity index is 1.21. The first-order chi connectivity index (χ1) is 26.7. The maximum atomic E-state index is 6.83. The second-order valence-corrected chi connectivity index (χ2v) is 18.4. The highest BCUT2D eigenvalue weighted by molar-refractivity contribution is 6.11. The first kappa shape index (κ1) is 34.6. The van der Waals surface area contributed by atoms with Gasteiger partial charge in [-0.15, -0.1) is 0 Å². The van der Waals surface area contributed by atoms with Crippen molar-refractivity contribution in [1.29, 1.82) is 0 Å². The zero-order valence-corrected chi connectivity index (χ0v) is 34.1. The highest BCUT2D eigenvalue weighted by Gasteiger charge is 2.38. The van der Waals surface area contributed by atoms with E-state index in [1.807, 2.05) is 0 Å². The summed E-state index contributed by atoms with van der Waals surface area (Å²) in [5.41, 5.74) is 21.9. The number of rotatable bonds is 4. The van der Waals surface area contributed by atoms with Gasteiger partial charge in [0.1, 0.15) is 11.2 Å². The molecule has 2 nitrogen and oxygen atoms in total. The van der Waals surface area contributed by atoms with Gasteiger partial charge >= 0.3 is 0 Å². The Hall–Kier alpha value is -5.86. The fraction of sp³-hybridized carbons (Fsp3) is 0.222. The van der Waals surface area contributed by atoms with Crippen LogP contribution < -0.4 is 4.90 Å². The zero-order chi connectivity index (χ0) is 38.9. The molecule has 0 radical (unpaired) electrons. The zero-order valence-electron chi connectivity index (χ0n) is 34.1. The highest BCUT2D eigenvalue weighted by Crippen LogP contribution is 2.54.